The second-order valence-corrected chi connectivity index (χ2v) is 9.02. The van der Waals surface area contributed by atoms with Crippen molar-refractivity contribution in [3.63, 3.8) is 0 Å². The number of hydrogen-bond acceptors (Lipinski definition) is 4. The smallest absolute Gasteiger partial charge is 0.269 e. The summed E-state index contributed by atoms with van der Waals surface area (Å²) in [6.07, 6.45) is 0.390. The molecule has 1 N–H and O–H groups in total. The number of para-hydroxylation sites is 1. The summed E-state index contributed by atoms with van der Waals surface area (Å²) in [6.45, 7) is 0.323. The lowest BCUT2D eigenvalue weighted by Gasteiger charge is -2.47. The van der Waals surface area contributed by atoms with Gasteiger partial charge in [-0.2, -0.15) is 0 Å². The molecule has 0 aliphatic carbocycles. The number of H-pyrrole nitrogens is 1. The van der Waals surface area contributed by atoms with Crippen LogP contribution in [0.15, 0.2) is 78.9 Å². The molecule has 2 amide bonds. The van der Waals surface area contributed by atoms with Gasteiger partial charge in [-0.1, -0.05) is 60.7 Å². The summed E-state index contributed by atoms with van der Waals surface area (Å²) in [4.78, 5) is 45.1. The lowest BCUT2D eigenvalue weighted by molar-refractivity contribution is -0.384. The molecule has 35 heavy (non-hydrogen) atoms. The van der Waals surface area contributed by atoms with E-state index < -0.39 is 17.0 Å². The van der Waals surface area contributed by atoms with E-state index in [1.54, 1.807) is 21.9 Å². The highest BCUT2D eigenvalue weighted by Gasteiger charge is 2.48. The number of benzene rings is 3. The third-order valence-electron chi connectivity index (χ3n) is 6.96. The van der Waals surface area contributed by atoms with Crippen molar-refractivity contribution in [3.05, 3.63) is 111 Å². The van der Waals surface area contributed by atoms with Gasteiger partial charge in [0, 0.05) is 41.7 Å². The van der Waals surface area contributed by atoms with Gasteiger partial charge in [0.25, 0.3) is 5.69 Å². The van der Waals surface area contributed by atoms with Crippen molar-refractivity contribution in [1.82, 2.24) is 14.8 Å². The second kappa shape index (κ2) is 8.09. The molecule has 2 atom stereocenters. The minimum atomic E-state index is -0.684. The number of amides is 2. The summed E-state index contributed by atoms with van der Waals surface area (Å²) >= 11 is 0. The zero-order valence-corrected chi connectivity index (χ0v) is 18.8. The molecule has 3 aromatic carbocycles. The average molecular weight is 466 g/mol. The van der Waals surface area contributed by atoms with E-state index in [9.17, 15) is 19.7 Å². The number of non-ortho nitro benzene ring substituents is 1. The zero-order chi connectivity index (χ0) is 24.1. The van der Waals surface area contributed by atoms with Gasteiger partial charge in [-0.25, -0.2) is 0 Å². The number of nitro groups is 1. The summed E-state index contributed by atoms with van der Waals surface area (Å²) in [5.41, 5.74) is 4.20. The maximum absolute atomic E-state index is 13.7. The maximum Gasteiger partial charge on any atom is 0.269 e. The summed E-state index contributed by atoms with van der Waals surface area (Å²) in [5, 5.41) is 12.5. The fourth-order valence-corrected chi connectivity index (χ4v) is 5.42. The van der Waals surface area contributed by atoms with Crippen molar-refractivity contribution < 1.29 is 14.5 Å². The number of rotatable bonds is 4. The summed E-state index contributed by atoms with van der Waals surface area (Å²) in [5.74, 6) is -0.286. The number of hydrogen-bond donors (Lipinski definition) is 1. The molecule has 1 aromatic heterocycles. The Labute approximate surface area is 200 Å². The number of aromatic amines is 1. The number of aromatic nitrogens is 1. The highest BCUT2D eigenvalue weighted by atomic mass is 16.6. The Hall–Kier alpha value is -4.46. The Morgan fingerprint density at radius 3 is 2.54 bits per heavy atom. The second-order valence-electron chi connectivity index (χ2n) is 9.02. The van der Waals surface area contributed by atoms with Gasteiger partial charge in [-0.3, -0.25) is 19.7 Å². The van der Waals surface area contributed by atoms with Crippen LogP contribution in [0.3, 0.4) is 0 Å². The van der Waals surface area contributed by atoms with E-state index in [-0.39, 0.29) is 24.0 Å². The minimum absolute atomic E-state index is 0.0365. The van der Waals surface area contributed by atoms with E-state index in [1.165, 1.54) is 12.1 Å². The number of fused-ring (bicyclic) bond motifs is 4. The molecule has 6 rings (SSSR count). The van der Waals surface area contributed by atoms with Gasteiger partial charge in [0.1, 0.15) is 12.6 Å². The minimum Gasteiger partial charge on any atom is -0.356 e. The third kappa shape index (κ3) is 3.45. The van der Waals surface area contributed by atoms with E-state index in [0.717, 1.165) is 27.7 Å². The van der Waals surface area contributed by atoms with Crippen molar-refractivity contribution in [2.45, 2.75) is 25.0 Å². The molecule has 0 unspecified atom stereocenters. The number of carbonyl (C=O) groups is 2. The first kappa shape index (κ1) is 21.1. The van der Waals surface area contributed by atoms with Crippen molar-refractivity contribution in [3.8, 4) is 0 Å². The fraction of sp³-hybridized carbons (Fsp3) is 0.185. The van der Waals surface area contributed by atoms with Crippen LogP contribution in [-0.4, -0.2) is 44.1 Å². The molecule has 3 heterocycles. The van der Waals surface area contributed by atoms with Crippen LogP contribution >= 0.6 is 0 Å². The van der Waals surface area contributed by atoms with Crippen LogP contribution in [0.5, 0.6) is 0 Å². The van der Waals surface area contributed by atoms with Gasteiger partial charge in [-0.05, 0) is 22.8 Å². The van der Waals surface area contributed by atoms with E-state index in [1.807, 2.05) is 54.6 Å². The monoisotopic (exact) mass is 466 g/mol. The molecule has 0 bridgehead atoms. The number of nitrogens with one attached hydrogen (secondary N) is 1. The molecular formula is C27H22N4O4. The fourth-order valence-electron chi connectivity index (χ4n) is 5.42. The van der Waals surface area contributed by atoms with E-state index in [4.69, 9.17) is 0 Å². The van der Waals surface area contributed by atoms with Gasteiger partial charge < -0.3 is 14.8 Å². The standard InChI is InChI=1S/C27H22N4O4/c32-24-16-29(15-17-7-2-1-3-8-17)27(33)23-14-21-20-11-4-5-12-22(20)28-25(21)26(30(23)24)18-9-6-10-19(13-18)31(34)35/h1-13,23,26,28H,14-16H2/t23-,26-/m1/s1. The van der Waals surface area contributed by atoms with Gasteiger partial charge in [-0.15, -0.1) is 0 Å². The molecular weight excluding hydrogens is 444 g/mol. The van der Waals surface area contributed by atoms with Crippen LogP contribution in [0.25, 0.3) is 10.9 Å². The molecule has 0 radical (unpaired) electrons. The molecule has 1 saturated heterocycles. The summed E-state index contributed by atoms with van der Waals surface area (Å²) < 4.78 is 0. The molecule has 0 spiro atoms. The predicted molar refractivity (Wildman–Crippen MR) is 129 cm³/mol. The number of nitrogens with zero attached hydrogens (tertiary/aromatic N) is 3. The SMILES string of the molecule is O=C1[C@H]2Cc3c([nH]c4ccccc34)[C@@H](c3cccc([N+](=O)[O-])c3)N2C(=O)CN1Cc1ccccc1. The molecule has 2 aliphatic rings. The number of carbonyl (C=O) groups excluding carboxylic acids is 2. The Kier molecular flexibility index (Phi) is 4.88. The van der Waals surface area contributed by atoms with Gasteiger partial charge in [0.15, 0.2) is 0 Å². The molecule has 0 saturated carbocycles. The van der Waals surface area contributed by atoms with Crippen molar-refractivity contribution in [1.29, 1.82) is 0 Å². The van der Waals surface area contributed by atoms with Crippen LogP contribution in [0.4, 0.5) is 5.69 Å². The Balaban J connectivity index is 1.48. The molecule has 1 fully saturated rings. The Bertz CT molecular complexity index is 1480. The Morgan fingerprint density at radius 2 is 1.74 bits per heavy atom. The highest BCUT2D eigenvalue weighted by Crippen LogP contribution is 2.43. The van der Waals surface area contributed by atoms with Crippen molar-refractivity contribution in [2.24, 2.45) is 0 Å². The third-order valence-corrected chi connectivity index (χ3v) is 6.96. The first-order valence-electron chi connectivity index (χ1n) is 11.5. The normalized spacial score (nSPS) is 19.5. The van der Waals surface area contributed by atoms with Crippen LogP contribution in [-0.2, 0) is 22.6 Å². The lowest BCUT2D eigenvalue weighted by atomic mass is 9.86. The van der Waals surface area contributed by atoms with E-state index >= 15 is 0 Å². The van der Waals surface area contributed by atoms with Crippen LogP contribution in [0, 0.1) is 10.1 Å². The summed E-state index contributed by atoms with van der Waals surface area (Å²) in [7, 11) is 0. The van der Waals surface area contributed by atoms with Gasteiger partial charge in [0.05, 0.1) is 11.0 Å². The van der Waals surface area contributed by atoms with Crippen LogP contribution in [0.1, 0.15) is 28.4 Å². The predicted octanol–water partition coefficient (Wildman–Crippen LogP) is 3.96. The van der Waals surface area contributed by atoms with E-state index in [2.05, 4.69) is 4.98 Å². The van der Waals surface area contributed by atoms with Gasteiger partial charge >= 0.3 is 0 Å². The average Bonchev–Trinajstić information content (AvgIpc) is 3.25. The molecule has 8 heteroatoms. The molecule has 174 valence electrons. The first-order valence-corrected chi connectivity index (χ1v) is 11.5. The Morgan fingerprint density at radius 1 is 0.971 bits per heavy atom. The maximum atomic E-state index is 13.7. The largest absolute Gasteiger partial charge is 0.356 e. The molecule has 4 aromatic rings. The number of piperazine rings is 1. The highest BCUT2D eigenvalue weighted by molar-refractivity contribution is 5.97. The van der Waals surface area contributed by atoms with Gasteiger partial charge in [0.2, 0.25) is 11.8 Å². The van der Waals surface area contributed by atoms with Crippen LogP contribution in [0.2, 0.25) is 0 Å². The van der Waals surface area contributed by atoms with E-state index in [0.29, 0.717) is 18.5 Å². The lowest BCUT2D eigenvalue weighted by Crippen LogP contribution is -2.62. The first-order chi connectivity index (χ1) is 17.0. The number of nitro benzene ring substituents is 1. The topological polar surface area (TPSA) is 99.5 Å². The van der Waals surface area contributed by atoms with Crippen LogP contribution < -0.4 is 0 Å². The molecule has 8 nitrogen and oxygen atoms in total. The summed E-state index contributed by atoms with van der Waals surface area (Å²) in [6, 6.07) is 22.5. The van der Waals surface area contributed by atoms with Crippen molar-refractivity contribution >= 4 is 28.4 Å². The zero-order valence-electron chi connectivity index (χ0n) is 18.8. The molecule has 2 aliphatic heterocycles. The van der Waals surface area contributed by atoms with Crippen molar-refractivity contribution in [2.75, 3.05) is 6.54 Å². The quantitative estimate of drug-likeness (QED) is 0.363.